The van der Waals surface area contributed by atoms with Gasteiger partial charge in [-0.05, 0) is 61.1 Å². The highest BCUT2D eigenvalue weighted by atomic mass is 16.5. The lowest BCUT2D eigenvalue weighted by Crippen LogP contribution is -2.33. The third-order valence-electron chi connectivity index (χ3n) is 6.40. The molecule has 0 saturated carbocycles. The highest BCUT2D eigenvalue weighted by Crippen LogP contribution is 2.38. The van der Waals surface area contributed by atoms with Crippen LogP contribution in [0.3, 0.4) is 0 Å². The lowest BCUT2D eigenvalue weighted by molar-refractivity contribution is -0.131. The standard InChI is InChI=1S/C27H32N4O2/c1-18-11-12-20(14-19(18)2)15-25(32)31-13-7-10-24(31)26-23(17-28-27(29-26)30(3)4)21-8-6-9-22(16-21)33-5/h6,8-9,11-12,14,16-17,24H,7,10,13,15H2,1-5H3. The third-order valence-corrected chi connectivity index (χ3v) is 6.40. The maximum absolute atomic E-state index is 13.4. The monoisotopic (exact) mass is 444 g/mol. The molecule has 2 heterocycles. The van der Waals surface area contributed by atoms with Gasteiger partial charge in [0.1, 0.15) is 5.75 Å². The highest BCUT2D eigenvalue weighted by Gasteiger charge is 2.33. The Morgan fingerprint density at radius 1 is 1.15 bits per heavy atom. The molecule has 3 aromatic rings. The second-order valence-electron chi connectivity index (χ2n) is 8.94. The quantitative estimate of drug-likeness (QED) is 0.550. The number of benzene rings is 2. The van der Waals surface area contributed by atoms with Gasteiger partial charge in [-0.2, -0.15) is 0 Å². The van der Waals surface area contributed by atoms with Crippen LogP contribution in [0.2, 0.25) is 0 Å². The zero-order valence-electron chi connectivity index (χ0n) is 20.1. The Morgan fingerprint density at radius 3 is 2.70 bits per heavy atom. The number of carbonyl (C=O) groups excluding carboxylic acids is 1. The Kier molecular flexibility index (Phi) is 6.63. The van der Waals surface area contributed by atoms with E-state index in [9.17, 15) is 4.79 Å². The number of aryl methyl sites for hydroxylation is 2. The first-order chi connectivity index (χ1) is 15.9. The molecule has 33 heavy (non-hydrogen) atoms. The molecular weight excluding hydrogens is 412 g/mol. The zero-order chi connectivity index (χ0) is 23.5. The number of carbonyl (C=O) groups is 1. The number of nitrogens with zero attached hydrogens (tertiary/aromatic N) is 4. The van der Waals surface area contributed by atoms with E-state index in [-0.39, 0.29) is 11.9 Å². The molecule has 1 aromatic heterocycles. The van der Waals surface area contributed by atoms with Gasteiger partial charge in [0.05, 0.1) is 25.3 Å². The van der Waals surface area contributed by atoms with E-state index in [4.69, 9.17) is 9.72 Å². The summed E-state index contributed by atoms with van der Waals surface area (Å²) < 4.78 is 5.43. The molecular formula is C27H32N4O2. The molecule has 1 unspecified atom stereocenters. The van der Waals surface area contributed by atoms with E-state index in [2.05, 4.69) is 37.0 Å². The summed E-state index contributed by atoms with van der Waals surface area (Å²) in [6, 6.07) is 14.1. The van der Waals surface area contributed by atoms with E-state index < -0.39 is 0 Å². The van der Waals surface area contributed by atoms with Crippen LogP contribution in [0.25, 0.3) is 11.1 Å². The van der Waals surface area contributed by atoms with Gasteiger partial charge in [-0.1, -0.05) is 30.3 Å². The van der Waals surface area contributed by atoms with E-state index in [1.807, 2.05) is 54.4 Å². The molecule has 1 aliphatic heterocycles. The van der Waals surface area contributed by atoms with Gasteiger partial charge in [0, 0.05) is 32.4 Å². The van der Waals surface area contributed by atoms with Crippen molar-refractivity contribution in [2.24, 2.45) is 0 Å². The predicted molar refractivity (Wildman–Crippen MR) is 132 cm³/mol. The summed E-state index contributed by atoms with van der Waals surface area (Å²) in [6.45, 7) is 4.92. The minimum Gasteiger partial charge on any atom is -0.497 e. The molecule has 6 heteroatoms. The molecule has 0 spiro atoms. The number of hydrogen-bond acceptors (Lipinski definition) is 5. The molecule has 1 aliphatic rings. The smallest absolute Gasteiger partial charge is 0.227 e. The normalized spacial score (nSPS) is 15.5. The first kappa shape index (κ1) is 22.8. The van der Waals surface area contributed by atoms with Crippen LogP contribution >= 0.6 is 0 Å². The second kappa shape index (κ2) is 9.61. The summed E-state index contributed by atoms with van der Waals surface area (Å²) in [5.74, 6) is 1.57. The van der Waals surface area contributed by atoms with Crippen molar-refractivity contribution in [3.8, 4) is 16.9 Å². The first-order valence-corrected chi connectivity index (χ1v) is 11.4. The molecule has 1 atom stereocenters. The fourth-order valence-corrected chi connectivity index (χ4v) is 4.41. The summed E-state index contributed by atoms with van der Waals surface area (Å²) in [7, 11) is 5.53. The molecule has 0 N–H and O–H groups in total. The van der Waals surface area contributed by atoms with Crippen LogP contribution in [0.15, 0.2) is 48.7 Å². The average Bonchev–Trinajstić information content (AvgIpc) is 3.31. The van der Waals surface area contributed by atoms with Gasteiger partial charge < -0.3 is 14.5 Å². The molecule has 0 radical (unpaired) electrons. The number of methoxy groups -OCH3 is 1. The summed E-state index contributed by atoms with van der Waals surface area (Å²) in [6.07, 6.45) is 4.12. The van der Waals surface area contributed by atoms with Crippen LogP contribution in [0, 0.1) is 13.8 Å². The maximum atomic E-state index is 13.4. The number of amides is 1. The molecule has 1 fully saturated rings. The van der Waals surface area contributed by atoms with E-state index >= 15 is 0 Å². The molecule has 1 amide bonds. The number of aromatic nitrogens is 2. The minimum atomic E-state index is -0.0769. The summed E-state index contributed by atoms with van der Waals surface area (Å²) in [4.78, 5) is 26.8. The van der Waals surface area contributed by atoms with Crippen molar-refractivity contribution in [3.05, 3.63) is 71.0 Å². The Hall–Kier alpha value is -3.41. The van der Waals surface area contributed by atoms with Crippen LogP contribution < -0.4 is 9.64 Å². The Balaban J connectivity index is 1.70. The van der Waals surface area contributed by atoms with Crippen LogP contribution in [0.1, 0.15) is 41.3 Å². The number of hydrogen-bond donors (Lipinski definition) is 0. The van der Waals surface area contributed by atoms with Gasteiger partial charge in [0.25, 0.3) is 0 Å². The molecule has 4 rings (SSSR count). The first-order valence-electron chi connectivity index (χ1n) is 11.4. The van der Waals surface area contributed by atoms with Crippen molar-refractivity contribution < 1.29 is 9.53 Å². The largest absolute Gasteiger partial charge is 0.497 e. The Labute approximate surface area is 196 Å². The second-order valence-corrected chi connectivity index (χ2v) is 8.94. The fraction of sp³-hybridized carbons (Fsp3) is 0.370. The Bertz CT molecular complexity index is 1160. The summed E-state index contributed by atoms with van der Waals surface area (Å²) >= 11 is 0. The van der Waals surface area contributed by atoms with Gasteiger partial charge in [0.15, 0.2) is 0 Å². The maximum Gasteiger partial charge on any atom is 0.227 e. The highest BCUT2D eigenvalue weighted by molar-refractivity contribution is 5.80. The van der Waals surface area contributed by atoms with Gasteiger partial charge in [-0.15, -0.1) is 0 Å². The summed E-state index contributed by atoms with van der Waals surface area (Å²) in [5.41, 5.74) is 6.33. The van der Waals surface area contributed by atoms with Crippen LogP contribution in [0.5, 0.6) is 5.75 Å². The molecule has 6 nitrogen and oxygen atoms in total. The molecule has 1 saturated heterocycles. The lowest BCUT2D eigenvalue weighted by Gasteiger charge is -2.27. The van der Waals surface area contributed by atoms with Crippen molar-refractivity contribution >= 4 is 11.9 Å². The van der Waals surface area contributed by atoms with Gasteiger partial charge in [0.2, 0.25) is 11.9 Å². The van der Waals surface area contributed by atoms with Crippen molar-refractivity contribution in [3.63, 3.8) is 0 Å². The minimum absolute atomic E-state index is 0.0769. The van der Waals surface area contributed by atoms with E-state index in [0.29, 0.717) is 12.4 Å². The van der Waals surface area contributed by atoms with E-state index in [1.54, 1.807) is 7.11 Å². The number of anilines is 1. The third kappa shape index (κ3) is 4.85. The molecule has 2 aromatic carbocycles. The fourth-order valence-electron chi connectivity index (χ4n) is 4.41. The molecule has 0 aliphatic carbocycles. The Morgan fingerprint density at radius 2 is 1.97 bits per heavy atom. The van der Waals surface area contributed by atoms with Crippen LogP contribution in [0.4, 0.5) is 5.95 Å². The topological polar surface area (TPSA) is 58.6 Å². The van der Waals surface area contributed by atoms with Crippen molar-refractivity contribution in [1.29, 1.82) is 0 Å². The molecule has 172 valence electrons. The number of likely N-dealkylation sites (tertiary alicyclic amines) is 1. The van der Waals surface area contributed by atoms with Crippen molar-refractivity contribution in [2.75, 3.05) is 32.6 Å². The van der Waals surface area contributed by atoms with Crippen LogP contribution in [-0.2, 0) is 11.2 Å². The number of ether oxygens (including phenoxy) is 1. The molecule has 0 bridgehead atoms. The summed E-state index contributed by atoms with van der Waals surface area (Å²) in [5, 5.41) is 0. The van der Waals surface area contributed by atoms with E-state index in [1.165, 1.54) is 11.1 Å². The zero-order valence-corrected chi connectivity index (χ0v) is 20.1. The van der Waals surface area contributed by atoms with Crippen molar-refractivity contribution in [2.45, 2.75) is 39.2 Å². The van der Waals surface area contributed by atoms with E-state index in [0.717, 1.165) is 47.5 Å². The van der Waals surface area contributed by atoms with Gasteiger partial charge in [-0.3, -0.25) is 4.79 Å². The predicted octanol–water partition coefficient (Wildman–Crippen LogP) is 4.74. The van der Waals surface area contributed by atoms with Crippen molar-refractivity contribution in [1.82, 2.24) is 14.9 Å². The average molecular weight is 445 g/mol. The van der Waals surface area contributed by atoms with Crippen LogP contribution in [-0.4, -0.2) is 48.5 Å². The van der Waals surface area contributed by atoms with Gasteiger partial charge in [-0.25, -0.2) is 9.97 Å². The SMILES string of the molecule is COc1cccc(-c2cnc(N(C)C)nc2C2CCCN2C(=O)Cc2ccc(C)c(C)c2)c1. The van der Waals surface area contributed by atoms with Gasteiger partial charge >= 0.3 is 0 Å². The number of rotatable bonds is 6. The lowest BCUT2D eigenvalue weighted by atomic mass is 9.99.